The van der Waals surface area contributed by atoms with Crippen LogP contribution < -0.4 is 15.2 Å². The number of carbonyl (C=O) groups is 2. The first kappa shape index (κ1) is 17.3. The van der Waals surface area contributed by atoms with Gasteiger partial charge >= 0.3 is 0 Å². The number of primary amides is 1. The minimum Gasteiger partial charge on any atom is -0.490 e. The number of nitrogens with zero attached hydrogens (tertiary/aromatic N) is 1. The highest BCUT2D eigenvalue weighted by atomic mass is 16.5. The Hall–Kier alpha value is -2.50. The summed E-state index contributed by atoms with van der Waals surface area (Å²) in [7, 11) is 0. The molecule has 1 aromatic rings. The van der Waals surface area contributed by atoms with Gasteiger partial charge in [-0.15, -0.1) is 0 Å². The molecule has 1 aromatic carbocycles. The average molecular weight is 344 g/mol. The van der Waals surface area contributed by atoms with E-state index in [4.69, 9.17) is 15.2 Å². The summed E-state index contributed by atoms with van der Waals surface area (Å²) in [5, 5.41) is 0. The molecule has 0 aliphatic carbocycles. The van der Waals surface area contributed by atoms with Gasteiger partial charge in [-0.3, -0.25) is 9.59 Å². The standard InChI is InChI=1S/C19H24N2O4/c20-18(22)13-15-6-8-21(9-7-15)19(23)5-3-14-2-4-16-17(12-14)25-11-1-10-24-16/h2-5,12,15H,1,6-11,13H2,(H2,20,22)/b5-3+. The highest BCUT2D eigenvalue weighted by Crippen LogP contribution is 2.30. The summed E-state index contributed by atoms with van der Waals surface area (Å²) in [6.07, 6.45) is 6.32. The zero-order valence-electron chi connectivity index (χ0n) is 14.3. The Labute approximate surface area is 147 Å². The van der Waals surface area contributed by atoms with Crippen LogP contribution in [0.2, 0.25) is 0 Å². The van der Waals surface area contributed by atoms with E-state index in [1.807, 2.05) is 23.1 Å². The molecule has 0 aromatic heterocycles. The van der Waals surface area contributed by atoms with Crippen molar-refractivity contribution in [2.75, 3.05) is 26.3 Å². The highest BCUT2D eigenvalue weighted by Gasteiger charge is 2.22. The van der Waals surface area contributed by atoms with Gasteiger partial charge in [0.2, 0.25) is 11.8 Å². The molecule has 0 bridgehead atoms. The summed E-state index contributed by atoms with van der Waals surface area (Å²) in [6.45, 7) is 2.64. The molecule has 134 valence electrons. The van der Waals surface area contributed by atoms with E-state index >= 15 is 0 Å². The van der Waals surface area contributed by atoms with Gasteiger partial charge in [0.05, 0.1) is 13.2 Å². The van der Waals surface area contributed by atoms with Crippen molar-refractivity contribution in [3.8, 4) is 11.5 Å². The summed E-state index contributed by atoms with van der Waals surface area (Å²) in [6, 6.07) is 5.68. The van der Waals surface area contributed by atoms with Crippen molar-refractivity contribution in [2.45, 2.75) is 25.7 Å². The average Bonchev–Trinajstić information content (AvgIpc) is 2.84. The predicted octanol–water partition coefficient (Wildman–Crippen LogP) is 1.98. The first-order valence-electron chi connectivity index (χ1n) is 8.77. The van der Waals surface area contributed by atoms with Crippen LogP contribution in [0.1, 0.15) is 31.2 Å². The van der Waals surface area contributed by atoms with E-state index in [0.29, 0.717) is 38.6 Å². The third-order valence-corrected chi connectivity index (χ3v) is 4.61. The van der Waals surface area contributed by atoms with Crippen molar-refractivity contribution >= 4 is 17.9 Å². The van der Waals surface area contributed by atoms with Crippen molar-refractivity contribution in [2.24, 2.45) is 11.7 Å². The number of fused-ring (bicyclic) bond motifs is 1. The van der Waals surface area contributed by atoms with E-state index in [-0.39, 0.29) is 11.8 Å². The lowest BCUT2D eigenvalue weighted by Gasteiger charge is -2.30. The summed E-state index contributed by atoms with van der Waals surface area (Å²) < 4.78 is 11.3. The molecule has 6 heteroatoms. The highest BCUT2D eigenvalue weighted by molar-refractivity contribution is 5.92. The van der Waals surface area contributed by atoms with Gasteiger partial charge in [-0.25, -0.2) is 0 Å². The van der Waals surface area contributed by atoms with Crippen LogP contribution in [-0.4, -0.2) is 43.0 Å². The van der Waals surface area contributed by atoms with Crippen LogP contribution in [0.4, 0.5) is 0 Å². The third kappa shape index (κ3) is 4.75. The number of benzene rings is 1. The van der Waals surface area contributed by atoms with E-state index in [2.05, 4.69) is 0 Å². The topological polar surface area (TPSA) is 81.9 Å². The molecular weight excluding hydrogens is 320 g/mol. The van der Waals surface area contributed by atoms with Gasteiger partial charge < -0.3 is 20.1 Å². The Kier molecular flexibility index (Phi) is 5.58. The second kappa shape index (κ2) is 8.05. The number of piperidine rings is 1. The van der Waals surface area contributed by atoms with Crippen LogP contribution in [0, 0.1) is 5.92 Å². The first-order valence-corrected chi connectivity index (χ1v) is 8.77. The van der Waals surface area contributed by atoms with E-state index in [9.17, 15) is 9.59 Å². The molecule has 0 radical (unpaired) electrons. The minimum absolute atomic E-state index is 0.00960. The normalized spacial score (nSPS) is 18.2. The van der Waals surface area contributed by atoms with Gasteiger partial charge in [0.25, 0.3) is 0 Å². The molecule has 2 amide bonds. The molecule has 2 N–H and O–H groups in total. The van der Waals surface area contributed by atoms with E-state index < -0.39 is 0 Å². The van der Waals surface area contributed by atoms with Gasteiger partial charge in [0.15, 0.2) is 11.5 Å². The molecule has 0 unspecified atom stereocenters. The van der Waals surface area contributed by atoms with Crippen molar-refractivity contribution in [3.63, 3.8) is 0 Å². The van der Waals surface area contributed by atoms with Gasteiger partial charge in [-0.05, 0) is 42.5 Å². The summed E-state index contributed by atoms with van der Waals surface area (Å²) in [4.78, 5) is 25.1. The second-order valence-corrected chi connectivity index (χ2v) is 6.53. The number of carbonyl (C=O) groups excluding carboxylic acids is 2. The van der Waals surface area contributed by atoms with Crippen LogP contribution >= 0.6 is 0 Å². The smallest absolute Gasteiger partial charge is 0.246 e. The van der Waals surface area contributed by atoms with Crippen molar-refractivity contribution in [1.29, 1.82) is 0 Å². The van der Waals surface area contributed by atoms with E-state index in [1.54, 1.807) is 12.2 Å². The fourth-order valence-electron chi connectivity index (χ4n) is 3.20. The van der Waals surface area contributed by atoms with Crippen molar-refractivity contribution < 1.29 is 19.1 Å². The first-order chi connectivity index (χ1) is 12.1. The number of ether oxygens (including phenoxy) is 2. The van der Waals surface area contributed by atoms with Crippen LogP contribution in [0.15, 0.2) is 24.3 Å². The Morgan fingerprint density at radius 3 is 2.60 bits per heavy atom. The molecule has 25 heavy (non-hydrogen) atoms. The molecule has 6 nitrogen and oxygen atoms in total. The van der Waals surface area contributed by atoms with Crippen LogP contribution in [0.5, 0.6) is 11.5 Å². The maximum atomic E-state index is 12.3. The third-order valence-electron chi connectivity index (χ3n) is 4.61. The second-order valence-electron chi connectivity index (χ2n) is 6.53. The SMILES string of the molecule is NC(=O)CC1CCN(C(=O)/C=C/c2ccc3c(c2)OCCCO3)CC1. The number of hydrogen-bond acceptors (Lipinski definition) is 4. The fourth-order valence-corrected chi connectivity index (χ4v) is 3.20. The molecule has 0 atom stereocenters. The van der Waals surface area contributed by atoms with Crippen molar-refractivity contribution in [1.82, 2.24) is 4.90 Å². The van der Waals surface area contributed by atoms with E-state index in [0.717, 1.165) is 36.3 Å². The van der Waals surface area contributed by atoms with Crippen molar-refractivity contribution in [3.05, 3.63) is 29.8 Å². The largest absolute Gasteiger partial charge is 0.490 e. The molecule has 0 spiro atoms. The quantitative estimate of drug-likeness (QED) is 0.847. The molecule has 1 fully saturated rings. The van der Waals surface area contributed by atoms with Crippen LogP contribution in [0.3, 0.4) is 0 Å². The Bertz CT molecular complexity index is 663. The molecule has 0 saturated carbocycles. The number of likely N-dealkylation sites (tertiary alicyclic amines) is 1. The van der Waals surface area contributed by atoms with E-state index in [1.165, 1.54) is 0 Å². The minimum atomic E-state index is -0.265. The Morgan fingerprint density at radius 2 is 1.88 bits per heavy atom. The number of hydrogen-bond donors (Lipinski definition) is 1. The zero-order chi connectivity index (χ0) is 17.6. The molecule has 3 rings (SSSR count). The zero-order valence-corrected chi connectivity index (χ0v) is 14.3. The summed E-state index contributed by atoms with van der Waals surface area (Å²) >= 11 is 0. The fraction of sp³-hybridized carbons (Fsp3) is 0.474. The molecule has 2 aliphatic heterocycles. The number of amides is 2. The summed E-state index contributed by atoms with van der Waals surface area (Å²) in [5.41, 5.74) is 6.14. The molecule has 2 heterocycles. The molecule has 2 aliphatic rings. The monoisotopic (exact) mass is 344 g/mol. The maximum Gasteiger partial charge on any atom is 0.246 e. The Morgan fingerprint density at radius 1 is 1.16 bits per heavy atom. The molecule has 1 saturated heterocycles. The van der Waals surface area contributed by atoms with Gasteiger partial charge in [-0.1, -0.05) is 6.07 Å². The molecular formula is C19H24N2O4. The number of nitrogens with two attached hydrogens (primary N) is 1. The van der Waals surface area contributed by atoms with Gasteiger partial charge in [0, 0.05) is 32.0 Å². The predicted molar refractivity (Wildman–Crippen MR) is 94.2 cm³/mol. The van der Waals surface area contributed by atoms with Crippen LogP contribution in [0.25, 0.3) is 6.08 Å². The van der Waals surface area contributed by atoms with Gasteiger partial charge in [-0.2, -0.15) is 0 Å². The maximum absolute atomic E-state index is 12.3. The number of rotatable bonds is 4. The lowest BCUT2D eigenvalue weighted by molar-refractivity contribution is -0.127. The lowest BCUT2D eigenvalue weighted by Crippen LogP contribution is -2.38. The van der Waals surface area contributed by atoms with Gasteiger partial charge in [0.1, 0.15) is 0 Å². The lowest BCUT2D eigenvalue weighted by atomic mass is 9.93. The Balaban J connectivity index is 1.56. The summed E-state index contributed by atoms with van der Waals surface area (Å²) in [5.74, 6) is 1.49. The van der Waals surface area contributed by atoms with Crippen LogP contribution in [-0.2, 0) is 9.59 Å².